The lowest BCUT2D eigenvalue weighted by Crippen LogP contribution is -2.43. The molecule has 1 fully saturated rings. The van der Waals surface area contributed by atoms with Crippen LogP contribution >= 0.6 is 23.1 Å². The van der Waals surface area contributed by atoms with Crippen molar-refractivity contribution in [1.29, 1.82) is 0 Å². The summed E-state index contributed by atoms with van der Waals surface area (Å²) in [6, 6.07) is 8.83. The summed E-state index contributed by atoms with van der Waals surface area (Å²) in [5.74, 6) is 1.54. The quantitative estimate of drug-likeness (QED) is 0.609. The minimum absolute atomic E-state index is 0.179. The smallest absolute Gasteiger partial charge is 0.254 e. The van der Waals surface area contributed by atoms with Gasteiger partial charge in [-0.1, -0.05) is 37.7 Å². The van der Waals surface area contributed by atoms with E-state index in [2.05, 4.69) is 48.2 Å². The average molecular weight is 375 g/mol. The second-order valence-electron chi connectivity index (χ2n) is 7.17. The van der Waals surface area contributed by atoms with E-state index in [-0.39, 0.29) is 11.9 Å². The third kappa shape index (κ3) is 4.64. The van der Waals surface area contributed by atoms with Crippen LogP contribution in [0.15, 0.2) is 34.0 Å². The minimum atomic E-state index is 0.179. The fourth-order valence-electron chi connectivity index (χ4n) is 2.79. The van der Waals surface area contributed by atoms with Gasteiger partial charge in [0.15, 0.2) is 0 Å². The topological polar surface area (TPSA) is 33.2 Å². The molecule has 0 spiro atoms. The van der Waals surface area contributed by atoms with Gasteiger partial charge in [0.1, 0.15) is 4.34 Å². The molecular weight excluding hydrogens is 348 g/mol. The van der Waals surface area contributed by atoms with Gasteiger partial charge in [-0.05, 0) is 50.3 Å². The normalized spacial score (nSPS) is 15.4. The molecule has 1 aromatic carbocycles. The van der Waals surface area contributed by atoms with Crippen LogP contribution in [0.1, 0.15) is 55.2 Å². The van der Waals surface area contributed by atoms with E-state index < -0.39 is 0 Å². The van der Waals surface area contributed by atoms with Crippen molar-refractivity contribution in [3.05, 3.63) is 46.5 Å². The highest BCUT2D eigenvalue weighted by atomic mass is 32.2. The van der Waals surface area contributed by atoms with E-state index >= 15 is 0 Å². The molecule has 0 N–H and O–H groups in total. The van der Waals surface area contributed by atoms with Crippen LogP contribution in [-0.2, 0) is 5.75 Å². The molecule has 0 radical (unpaired) electrons. The number of rotatable bonds is 7. The Bertz CT molecular complexity index is 720. The van der Waals surface area contributed by atoms with E-state index in [0.717, 1.165) is 34.2 Å². The summed E-state index contributed by atoms with van der Waals surface area (Å²) >= 11 is 3.44. The maximum Gasteiger partial charge on any atom is 0.254 e. The van der Waals surface area contributed by atoms with Crippen LogP contribution in [0, 0.1) is 12.8 Å². The number of carbonyl (C=O) groups excluding carboxylic acids is 1. The first-order chi connectivity index (χ1) is 12.0. The molecule has 2 aromatic rings. The van der Waals surface area contributed by atoms with Gasteiger partial charge in [-0.15, -0.1) is 11.3 Å². The first kappa shape index (κ1) is 18.5. The number of hydrogen-bond acceptors (Lipinski definition) is 4. The van der Waals surface area contributed by atoms with Crippen molar-refractivity contribution < 1.29 is 4.79 Å². The Morgan fingerprint density at radius 2 is 1.96 bits per heavy atom. The molecule has 1 saturated carbocycles. The van der Waals surface area contributed by atoms with Gasteiger partial charge in [-0.3, -0.25) is 4.79 Å². The van der Waals surface area contributed by atoms with Gasteiger partial charge >= 0.3 is 0 Å². The largest absolute Gasteiger partial charge is 0.333 e. The second kappa shape index (κ2) is 7.92. The van der Waals surface area contributed by atoms with Crippen LogP contribution in [0.3, 0.4) is 0 Å². The Balaban J connectivity index is 1.65. The molecule has 0 saturated heterocycles. The van der Waals surface area contributed by atoms with E-state index in [9.17, 15) is 4.79 Å². The summed E-state index contributed by atoms with van der Waals surface area (Å²) in [5.41, 5.74) is 3.11. The summed E-state index contributed by atoms with van der Waals surface area (Å²) in [6.07, 6.45) is 2.29. The number of thioether (sulfide) groups is 1. The lowest BCUT2D eigenvalue weighted by atomic mass is 10.0. The van der Waals surface area contributed by atoms with Crippen LogP contribution in [0.2, 0.25) is 0 Å². The highest BCUT2D eigenvalue weighted by Gasteiger charge is 2.36. The summed E-state index contributed by atoms with van der Waals surface area (Å²) in [6.45, 7) is 8.56. The van der Waals surface area contributed by atoms with Gasteiger partial charge < -0.3 is 4.90 Å². The van der Waals surface area contributed by atoms with Crippen LogP contribution < -0.4 is 0 Å². The summed E-state index contributed by atoms with van der Waals surface area (Å²) in [7, 11) is 0. The molecule has 3 nitrogen and oxygen atoms in total. The van der Waals surface area contributed by atoms with Gasteiger partial charge in [-0.25, -0.2) is 4.98 Å². The Morgan fingerprint density at radius 3 is 2.48 bits per heavy atom. The van der Waals surface area contributed by atoms with Crippen molar-refractivity contribution in [2.24, 2.45) is 5.92 Å². The summed E-state index contributed by atoms with van der Waals surface area (Å²) < 4.78 is 1.10. The molecule has 25 heavy (non-hydrogen) atoms. The van der Waals surface area contributed by atoms with E-state index in [1.165, 1.54) is 5.56 Å². The van der Waals surface area contributed by atoms with Gasteiger partial charge in [0, 0.05) is 34.5 Å². The Hall–Kier alpha value is -1.33. The zero-order valence-electron chi connectivity index (χ0n) is 15.4. The SMILES string of the molecule is Cc1csc(SCc2ccc(C(=O)N(C3CC3)[C@H](C)C(C)C)cc2)n1. The molecule has 134 valence electrons. The molecule has 3 rings (SSSR count). The third-order valence-electron chi connectivity index (χ3n) is 4.74. The number of benzene rings is 1. The number of aromatic nitrogens is 1. The zero-order valence-corrected chi connectivity index (χ0v) is 17.0. The van der Waals surface area contributed by atoms with Gasteiger partial charge in [0.05, 0.1) is 0 Å². The van der Waals surface area contributed by atoms with Crippen molar-refractivity contribution in [1.82, 2.24) is 9.88 Å². The number of amides is 1. The lowest BCUT2D eigenvalue weighted by Gasteiger charge is -2.32. The maximum absolute atomic E-state index is 13.0. The number of nitrogens with zero attached hydrogens (tertiary/aromatic N) is 2. The van der Waals surface area contributed by atoms with E-state index in [0.29, 0.717) is 12.0 Å². The predicted octanol–water partition coefficient (Wildman–Crippen LogP) is 5.39. The summed E-state index contributed by atoms with van der Waals surface area (Å²) in [5, 5.41) is 2.08. The van der Waals surface area contributed by atoms with Crippen LogP contribution in [0.4, 0.5) is 0 Å². The molecule has 1 amide bonds. The molecule has 1 atom stereocenters. The highest BCUT2D eigenvalue weighted by molar-refractivity contribution is 8.00. The molecule has 1 aliphatic rings. The Labute approximate surface area is 158 Å². The van der Waals surface area contributed by atoms with Crippen molar-refractivity contribution in [3.8, 4) is 0 Å². The van der Waals surface area contributed by atoms with Crippen LogP contribution in [-0.4, -0.2) is 27.9 Å². The van der Waals surface area contributed by atoms with E-state index in [1.807, 2.05) is 19.1 Å². The van der Waals surface area contributed by atoms with Crippen molar-refractivity contribution in [2.45, 2.75) is 62.7 Å². The molecule has 1 aromatic heterocycles. The number of aryl methyl sites for hydroxylation is 1. The molecular formula is C20H26N2OS2. The predicted molar refractivity (Wildman–Crippen MR) is 106 cm³/mol. The monoisotopic (exact) mass is 374 g/mol. The van der Waals surface area contributed by atoms with E-state index in [4.69, 9.17) is 0 Å². The van der Waals surface area contributed by atoms with E-state index in [1.54, 1.807) is 23.1 Å². The molecule has 1 aliphatic carbocycles. The van der Waals surface area contributed by atoms with Crippen molar-refractivity contribution in [2.75, 3.05) is 0 Å². The maximum atomic E-state index is 13.0. The highest BCUT2D eigenvalue weighted by Crippen LogP contribution is 2.32. The summed E-state index contributed by atoms with van der Waals surface area (Å²) in [4.78, 5) is 19.6. The van der Waals surface area contributed by atoms with Gasteiger partial charge in [-0.2, -0.15) is 0 Å². The second-order valence-corrected chi connectivity index (χ2v) is 9.25. The molecule has 0 bridgehead atoms. The number of hydrogen-bond donors (Lipinski definition) is 0. The van der Waals surface area contributed by atoms with Gasteiger partial charge in [0.25, 0.3) is 5.91 Å². The van der Waals surface area contributed by atoms with Crippen LogP contribution in [0.25, 0.3) is 0 Å². The first-order valence-corrected chi connectivity index (χ1v) is 10.8. The third-order valence-corrected chi connectivity index (χ3v) is 6.95. The average Bonchev–Trinajstić information content (AvgIpc) is 3.34. The van der Waals surface area contributed by atoms with Crippen molar-refractivity contribution >= 4 is 29.0 Å². The lowest BCUT2D eigenvalue weighted by molar-refractivity contribution is 0.0628. The Morgan fingerprint density at radius 1 is 1.28 bits per heavy atom. The molecule has 1 heterocycles. The molecule has 0 unspecified atom stereocenters. The van der Waals surface area contributed by atoms with Gasteiger partial charge in [0.2, 0.25) is 0 Å². The fourth-order valence-corrected chi connectivity index (χ4v) is 4.60. The molecule has 0 aliphatic heterocycles. The number of carbonyl (C=O) groups is 1. The fraction of sp³-hybridized carbons (Fsp3) is 0.500. The zero-order chi connectivity index (χ0) is 18.0. The standard InChI is InChI=1S/C20H26N2OS2/c1-13(2)15(4)22(18-9-10-18)19(23)17-7-5-16(6-8-17)12-25-20-21-14(3)11-24-20/h5-8,11,13,15,18H,9-10,12H2,1-4H3/t15-/m1/s1. The Kier molecular flexibility index (Phi) is 5.85. The first-order valence-electron chi connectivity index (χ1n) is 8.92. The molecule has 5 heteroatoms. The minimum Gasteiger partial charge on any atom is -0.333 e. The number of thiazole rings is 1. The van der Waals surface area contributed by atoms with Crippen molar-refractivity contribution in [3.63, 3.8) is 0 Å². The van der Waals surface area contributed by atoms with Crippen LogP contribution in [0.5, 0.6) is 0 Å².